The molecular formula is C39H45ClFN5O5. The molecule has 270 valence electrons. The Morgan fingerprint density at radius 3 is 2.65 bits per heavy atom. The number of amides is 1. The number of halogens is 2. The van der Waals surface area contributed by atoms with Gasteiger partial charge in [0, 0.05) is 67.7 Å². The number of benzene rings is 3. The Labute approximate surface area is 302 Å². The van der Waals surface area contributed by atoms with Gasteiger partial charge in [-0.05, 0) is 73.4 Å². The first-order chi connectivity index (χ1) is 24.6. The summed E-state index contributed by atoms with van der Waals surface area (Å²) in [5, 5.41) is 25.5. The number of hydrogen-bond acceptors (Lipinski definition) is 8. The molecule has 2 unspecified atom stereocenters. The van der Waals surface area contributed by atoms with Crippen molar-refractivity contribution in [3.63, 3.8) is 0 Å². The van der Waals surface area contributed by atoms with Gasteiger partial charge in [0.25, 0.3) is 5.91 Å². The van der Waals surface area contributed by atoms with E-state index in [4.69, 9.17) is 26.1 Å². The molecule has 4 N–H and O–H groups in total. The molecule has 1 aliphatic heterocycles. The normalized spacial score (nSPS) is 18.2. The van der Waals surface area contributed by atoms with Crippen LogP contribution in [0.4, 0.5) is 10.1 Å². The molecule has 2 heterocycles. The number of aromatic nitrogens is 2. The van der Waals surface area contributed by atoms with Crippen LogP contribution in [0.25, 0.3) is 11.1 Å². The van der Waals surface area contributed by atoms with Crippen LogP contribution in [0.2, 0.25) is 5.02 Å². The predicted octanol–water partition coefficient (Wildman–Crippen LogP) is 5.87. The average Bonchev–Trinajstić information content (AvgIpc) is 3.70. The minimum absolute atomic E-state index is 0.00813. The van der Waals surface area contributed by atoms with Gasteiger partial charge in [0.05, 0.1) is 26.0 Å². The van der Waals surface area contributed by atoms with Crippen molar-refractivity contribution < 1.29 is 28.9 Å². The highest BCUT2D eigenvalue weighted by Crippen LogP contribution is 2.45. The lowest BCUT2D eigenvalue weighted by Crippen LogP contribution is -2.39. The van der Waals surface area contributed by atoms with Gasteiger partial charge in [0.2, 0.25) is 0 Å². The Morgan fingerprint density at radius 1 is 1.16 bits per heavy atom. The number of rotatable bonds is 12. The van der Waals surface area contributed by atoms with Crippen LogP contribution < -0.4 is 20.1 Å². The standard InChI is InChI=1S/C39H45ClFN5O5/c1-22(20-47)46-16-13-31-30(19-46)43-37(45(31)3)38(49)44-29-10-6-7-24(23(29)2)25-8-5-9-27-26(25)11-12-32(27)51-34-17-33(50-4)28(36(41)35(34)40)18-42-39(21-48)14-15-39/h5-10,17,22,32,42,47-48H,11-16,18-21H2,1-4H3,(H,44,49). The van der Waals surface area contributed by atoms with E-state index in [0.29, 0.717) is 35.8 Å². The molecule has 0 radical (unpaired) electrons. The van der Waals surface area contributed by atoms with E-state index >= 15 is 4.39 Å². The van der Waals surface area contributed by atoms with Crippen molar-refractivity contribution in [1.82, 2.24) is 19.8 Å². The van der Waals surface area contributed by atoms with Crippen LogP contribution in [0.5, 0.6) is 11.5 Å². The molecule has 4 aromatic rings. The van der Waals surface area contributed by atoms with Crippen LogP contribution in [0.1, 0.15) is 76.6 Å². The van der Waals surface area contributed by atoms with Crippen LogP contribution >= 0.6 is 11.6 Å². The zero-order chi connectivity index (χ0) is 36.0. The van der Waals surface area contributed by atoms with Crippen molar-refractivity contribution in [2.24, 2.45) is 7.05 Å². The highest BCUT2D eigenvalue weighted by molar-refractivity contribution is 6.32. The van der Waals surface area contributed by atoms with Gasteiger partial charge < -0.3 is 34.9 Å². The Morgan fingerprint density at radius 2 is 1.92 bits per heavy atom. The van der Waals surface area contributed by atoms with Crippen LogP contribution in [0.15, 0.2) is 42.5 Å². The second-order valence-corrected chi connectivity index (χ2v) is 14.4. The lowest BCUT2D eigenvalue weighted by molar-refractivity contribution is 0.101. The Hall–Kier alpha value is -4.00. The molecule has 1 saturated carbocycles. The number of anilines is 1. The number of ether oxygens (including phenoxy) is 2. The van der Waals surface area contributed by atoms with E-state index in [2.05, 4.69) is 27.7 Å². The van der Waals surface area contributed by atoms with Crippen molar-refractivity contribution in [3.05, 3.63) is 92.8 Å². The van der Waals surface area contributed by atoms with E-state index in [1.807, 2.05) is 49.7 Å². The number of aliphatic hydroxyl groups is 2. The number of carbonyl (C=O) groups is 1. The third kappa shape index (κ3) is 6.62. The molecule has 1 amide bonds. The molecule has 7 rings (SSSR count). The predicted molar refractivity (Wildman–Crippen MR) is 194 cm³/mol. The molecule has 3 aliphatic rings. The van der Waals surface area contributed by atoms with Crippen LogP contribution in [-0.4, -0.2) is 69.0 Å². The first-order valence-electron chi connectivity index (χ1n) is 17.6. The fourth-order valence-corrected chi connectivity index (χ4v) is 7.71. The fourth-order valence-electron chi connectivity index (χ4n) is 7.50. The quantitative estimate of drug-likeness (QED) is 0.144. The summed E-state index contributed by atoms with van der Waals surface area (Å²) in [6.45, 7) is 5.64. The van der Waals surface area contributed by atoms with E-state index in [0.717, 1.165) is 71.4 Å². The first-order valence-corrected chi connectivity index (χ1v) is 18.0. The highest BCUT2D eigenvalue weighted by atomic mass is 35.5. The molecule has 0 bridgehead atoms. The number of methoxy groups -OCH3 is 1. The van der Waals surface area contributed by atoms with Gasteiger partial charge in [0.15, 0.2) is 11.6 Å². The number of nitrogens with one attached hydrogen (secondary N) is 2. The van der Waals surface area contributed by atoms with E-state index < -0.39 is 5.82 Å². The maximum atomic E-state index is 15.6. The molecule has 3 aromatic carbocycles. The molecule has 12 heteroatoms. The number of aliphatic hydroxyl groups excluding tert-OH is 2. The minimum atomic E-state index is -0.599. The molecule has 0 saturated heterocycles. The molecular weight excluding hydrogens is 673 g/mol. The fraction of sp³-hybridized carbons (Fsp3) is 0.436. The number of carbonyl (C=O) groups excluding carboxylic acids is 1. The van der Waals surface area contributed by atoms with Gasteiger partial charge in [-0.2, -0.15) is 0 Å². The second kappa shape index (κ2) is 14.2. The Bertz CT molecular complexity index is 1980. The van der Waals surface area contributed by atoms with Crippen LogP contribution in [0, 0.1) is 12.7 Å². The maximum absolute atomic E-state index is 15.6. The summed E-state index contributed by atoms with van der Waals surface area (Å²) in [5.41, 5.74) is 7.67. The van der Waals surface area contributed by atoms with E-state index in [1.54, 1.807) is 6.07 Å². The summed E-state index contributed by atoms with van der Waals surface area (Å²) in [6.07, 6.45) is 3.52. The zero-order valence-electron chi connectivity index (χ0n) is 29.5. The third-order valence-electron chi connectivity index (χ3n) is 11.0. The maximum Gasteiger partial charge on any atom is 0.291 e. The summed E-state index contributed by atoms with van der Waals surface area (Å²) >= 11 is 6.56. The average molecular weight is 718 g/mol. The topological polar surface area (TPSA) is 121 Å². The number of imidazole rings is 1. The second-order valence-electron chi connectivity index (χ2n) is 14.1. The number of nitrogens with zero attached hydrogens (tertiary/aromatic N) is 3. The van der Waals surface area contributed by atoms with Gasteiger partial charge in [-0.1, -0.05) is 41.9 Å². The van der Waals surface area contributed by atoms with E-state index in [-0.39, 0.29) is 54.1 Å². The largest absolute Gasteiger partial charge is 0.496 e. The zero-order valence-corrected chi connectivity index (χ0v) is 30.2. The van der Waals surface area contributed by atoms with Crippen molar-refractivity contribution in [2.75, 3.05) is 32.2 Å². The molecule has 10 nitrogen and oxygen atoms in total. The molecule has 1 aromatic heterocycles. The number of fused-ring (bicyclic) bond motifs is 2. The van der Waals surface area contributed by atoms with E-state index in [1.165, 1.54) is 7.11 Å². The minimum Gasteiger partial charge on any atom is -0.496 e. The van der Waals surface area contributed by atoms with Gasteiger partial charge in [-0.25, -0.2) is 9.37 Å². The summed E-state index contributed by atoms with van der Waals surface area (Å²) in [4.78, 5) is 20.5. The smallest absolute Gasteiger partial charge is 0.291 e. The Kier molecular flexibility index (Phi) is 9.86. The van der Waals surface area contributed by atoms with E-state index in [9.17, 15) is 15.0 Å². The van der Waals surface area contributed by atoms with Gasteiger partial charge in [-0.15, -0.1) is 0 Å². The molecule has 2 atom stereocenters. The molecule has 0 spiro atoms. The summed E-state index contributed by atoms with van der Waals surface area (Å²) in [5.74, 6) is 0.0319. The lowest BCUT2D eigenvalue weighted by Gasteiger charge is -2.30. The van der Waals surface area contributed by atoms with Crippen LogP contribution in [-0.2, 0) is 33.0 Å². The summed E-state index contributed by atoms with van der Waals surface area (Å²) in [7, 11) is 3.37. The Balaban J connectivity index is 1.11. The molecule has 2 aliphatic carbocycles. The van der Waals surface area contributed by atoms with Gasteiger partial charge in [-0.3, -0.25) is 9.69 Å². The highest BCUT2D eigenvalue weighted by Gasteiger charge is 2.42. The number of hydrogen-bond donors (Lipinski definition) is 4. The summed E-state index contributed by atoms with van der Waals surface area (Å²) < 4.78 is 29.5. The molecule has 1 fully saturated rings. The van der Waals surface area contributed by atoms with Crippen molar-refractivity contribution in [3.8, 4) is 22.6 Å². The van der Waals surface area contributed by atoms with Crippen molar-refractivity contribution in [2.45, 2.75) is 76.7 Å². The van der Waals surface area contributed by atoms with Crippen molar-refractivity contribution >= 4 is 23.2 Å². The summed E-state index contributed by atoms with van der Waals surface area (Å²) in [6, 6.07) is 13.7. The lowest BCUT2D eigenvalue weighted by atomic mass is 9.93. The van der Waals surface area contributed by atoms with Gasteiger partial charge in [0.1, 0.15) is 22.6 Å². The molecule has 51 heavy (non-hydrogen) atoms. The first kappa shape index (κ1) is 35.4. The third-order valence-corrected chi connectivity index (χ3v) is 11.3. The van der Waals surface area contributed by atoms with Crippen molar-refractivity contribution in [1.29, 1.82) is 0 Å². The van der Waals surface area contributed by atoms with Crippen LogP contribution in [0.3, 0.4) is 0 Å². The SMILES string of the molecule is COc1cc(OC2CCc3c(-c4cccc(NC(=O)c5nc6c(n5C)CCN(C(C)CO)C6)c4C)cccc32)c(Cl)c(F)c1CNC1(CO)CC1. The van der Waals surface area contributed by atoms with Gasteiger partial charge >= 0.3 is 0 Å². The monoisotopic (exact) mass is 717 g/mol.